The van der Waals surface area contributed by atoms with E-state index in [4.69, 9.17) is 14.2 Å². The maximum Gasteiger partial charge on any atom is 0.338 e. The molecule has 238 valence electrons. The lowest BCUT2D eigenvalue weighted by Crippen LogP contribution is -2.63. The molecule has 0 aliphatic heterocycles. The van der Waals surface area contributed by atoms with Crippen LogP contribution < -0.4 is 0 Å². The Morgan fingerprint density at radius 1 is 1.00 bits per heavy atom. The number of hydrogen-bond acceptors (Lipinski definition) is 6. The summed E-state index contributed by atoms with van der Waals surface area (Å²) in [4.78, 5) is 37.8. The molecule has 1 aromatic rings. The van der Waals surface area contributed by atoms with Gasteiger partial charge in [0.15, 0.2) is 0 Å². The fraction of sp³-hybridized carbons (Fsp3) is 0.750. The van der Waals surface area contributed by atoms with Crippen molar-refractivity contribution in [2.24, 2.45) is 52.3 Å². The van der Waals surface area contributed by atoms with Crippen molar-refractivity contribution in [2.45, 2.75) is 111 Å². The minimum absolute atomic E-state index is 0.0615. The molecule has 4 fully saturated rings. The number of hydrogen-bond donors (Lipinski definition) is 0. The zero-order valence-electron chi connectivity index (χ0n) is 26.9. The first kappa shape index (κ1) is 32.7. The molecule has 4 aliphatic carbocycles. The average molecular weight is 707 g/mol. The summed E-state index contributed by atoms with van der Waals surface area (Å²) in [6, 6.07) is 7.71. The molecular weight excluding hydrogens is 655 g/mol. The molecule has 4 saturated carbocycles. The Morgan fingerprint density at radius 3 is 2.40 bits per heavy atom. The number of benzene rings is 1. The van der Waals surface area contributed by atoms with Gasteiger partial charge >= 0.3 is 17.9 Å². The number of ether oxygens (including phenoxy) is 3. The Labute approximate surface area is 271 Å². The van der Waals surface area contributed by atoms with Crippen LogP contribution >= 0.6 is 22.6 Å². The summed E-state index contributed by atoms with van der Waals surface area (Å²) in [6.07, 6.45) is 9.47. The topological polar surface area (TPSA) is 78.9 Å². The van der Waals surface area contributed by atoms with Crippen LogP contribution in [0.15, 0.2) is 24.3 Å². The third-order valence-corrected chi connectivity index (χ3v) is 13.4. The maximum absolute atomic E-state index is 13.8. The standard InChI is InChI=1S/C36H51IO6/c1-7-26-30-20-25(42-22(3)38)15-17-36(30,5)29-16-18-35(4)27(21(2)11-14-31(39)41-6)12-13-28(35)32(29)33(26)43-34(40)23-9-8-10-24(37)19-23/h8-10,19,21,25-30,32-33H,7,11-18,20H2,1-6H3/t21-,25-,26-,27-,28?,29?,30+,32?,33-,35-,36-/m1/s1. The molecule has 1 aromatic carbocycles. The summed E-state index contributed by atoms with van der Waals surface area (Å²) in [6.45, 7) is 11.1. The summed E-state index contributed by atoms with van der Waals surface area (Å²) in [7, 11) is 1.47. The molecule has 0 N–H and O–H groups in total. The Hall–Kier alpha value is -1.64. The summed E-state index contributed by atoms with van der Waals surface area (Å²) in [5.41, 5.74) is 0.899. The fourth-order valence-electron chi connectivity index (χ4n) is 10.8. The number of fused-ring (bicyclic) bond motifs is 5. The van der Waals surface area contributed by atoms with Crippen molar-refractivity contribution in [3.05, 3.63) is 33.4 Å². The molecule has 0 bridgehead atoms. The normalized spacial score (nSPS) is 39.0. The molecule has 4 aliphatic rings. The Bertz CT molecular complexity index is 1200. The molecule has 6 nitrogen and oxygen atoms in total. The van der Waals surface area contributed by atoms with Crippen LogP contribution in [0.5, 0.6) is 0 Å². The lowest BCUT2D eigenvalue weighted by Gasteiger charge is -2.65. The second-order valence-corrected chi connectivity index (χ2v) is 15.9. The van der Waals surface area contributed by atoms with E-state index in [1.54, 1.807) is 0 Å². The largest absolute Gasteiger partial charge is 0.469 e. The van der Waals surface area contributed by atoms with Crippen LogP contribution in [-0.2, 0) is 23.8 Å². The molecule has 7 heteroatoms. The van der Waals surface area contributed by atoms with Gasteiger partial charge in [0.2, 0.25) is 0 Å². The van der Waals surface area contributed by atoms with E-state index in [1.165, 1.54) is 20.5 Å². The van der Waals surface area contributed by atoms with Gasteiger partial charge in [-0.3, -0.25) is 9.59 Å². The first-order chi connectivity index (χ1) is 20.4. The molecule has 0 spiro atoms. The summed E-state index contributed by atoms with van der Waals surface area (Å²) in [5, 5.41) is 0. The number of esters is 3. The number of rotatable bonds is 8. The zero-order valence-corrected chi connectivity index (χ0v) is 29.1. The second-order valence-electron chi connectivity index (χ2n) is 14.7. The van der Waals surface area contributed by atoms with Crippen LogP contribution in [-0.4, -0.2) is 37.2 Å². The van der Waals surface area contributed by atoms with Gasteiger partial charge in [-0.2, -0.15) is 0 Å². The van der Waals surface area contributed by atoms with Crippen LogP contribution in [0.25, 0.3) is 0 Å². The molecule has 0 heterocycles. The minimum atomic E-state index is -0.218. The van der Waals surface area contributed by atoms with Gasteiger partial charge < -0.3 is 14.2 Å². The van der Waals surface area contributed by atoms with Gasteiger partial charge in [0, 0.05) is 22.8 Å². The maximum atomic E-state index is 13.8. The minimum Gasteiger partial charge on any atom is -0.469 e. The van der Waals surface area contributed by atoms with Gasteiger partial charge in [-0.1, -0.05) is 33.8 Å². The number of carbonyl (C=O) groups is 3. The predicted octanol–water partition coefficient (Wildman–Crippen LogP) is 8.24. The molecule has 0 radical (unpaired) electrons. The van der Waals surface area contributed by atoms with Gasteiger partial charge in [0.1, 0.15) is 12.2 Å². The van der Waals surface area contributed by atoms with E-state index in [0.29, 0.717) is 47.5 Å². The van der Waals surface area contributed by atoms with Crippen molar-refractivity contribution in [2.75, 3.05) is 7.11 Å². The van der Waals surface area contributed by atoms with Crippen LogP contribution in [0.4, 0.5) is 0 Å². The SMILES string of the molecule is CC[C@H]1[C@@H](OC(=O)c2cccc(I)c2)C2C3CC[C@H]([C@H](C)CCC(=O)OC)[C@@]3(C)CCC2[C@@]2(C)CC[C@@H](OC(C)=O)C[C@@H]12. The summed E-state index contributed by atoms with van der Waals surface area (Å²) >= 11 is 2.25. The van der Waals surface area contributed by atoms with E-state index >= 15 is 0 Å². The quantitative estimate of drug-likeness (QED) is 0.154. The third kappa shape index (κ3) is 6.14. The lowest BCUT2D eigenvalue weighted by atomic mass is 9.41. The first-order valence-electron chi connectivity index (χ1n) is 16.6. The molecule has 0 aromatic heterocycles. The van der Waals surface area contributed by atoms with Crippen molar-refractivity contribution in [1.82, 2.24) is 0 Å². The highest BCUT2D eigenvalue weighted by Crippen LogP contribution is 2.70. The molecule has 43 heavy (non-hydrogen) atoms. The van der Waals surface area contributed by atoms with Crippen molar-refractivity contribution >= 4 is 40.5 Å². The Morgan fingerprint density at radius 2 is 1.72 bits per heavy atom. The van der Waals surface area contributed by atoms with Gasteiger partial charge in [-0.25, -0.2) is 4.79 Å². The van der Waals surface area contributed by atoms with Crippen LogP contribution in [0.3, 0.4) is 0 Å². The van der Waals surface area contributed by atoms with Crippen molar-refractivity contribution in [3.8, 4) is 0 Å². The van der Waals surface area contributed by atoms with Gasteiger partial charge in [-0.05, 0) is 145 Å². The highest BCUT2D eigenvalue weighted by molar-refractivity contribution is 14.1. The van der Waals surface area contributed by atoms with E-state index in [1.807, 2.05) is 24.3 Å². The molecule has 0 amide bonds. The van der Waals surface area contributed by atoms with E-state index in [0.717, 1.165) is 54.9 Å². The fourth-order valence-corrected chi connectivity index (χ4v) is 11.4. The molecule has 11 atom stereocenters. The van der Waals surface area contributed by atoms with Gasteiger partial charge in [-0.15, -0.1) is 0 Å². The molecular formula is C36H51IO6. The Balaban J connectivity index is 1.50. The number of halogens is 1. The number of carbonyl (C=O) groups excluding carboxylic acids is 3. The van der Waals surface area contributed by atoms with E-state index in [9.17, 15) is 14.4 Å². The second kappa shape index (κ2) is 13.0. The summed E-state index contributed by atoms with van der Waals surface area (Å²) in [5.74, 6) is 2.23. The summed E-state index contributed by atoms with van der Waals surface area (Å²) < 4.78 is 18.5. The van der Waals surface area contributed by atoms with E-state index in [2.05, 4.69) is 50.3 Å². The van der Waals surface area contributed by atoms with Crippen molar-refractivity contribution in [1.29, 1.82) is 0 Å². The van der Waals surface area contributed by atoms with Crippen molar-refractivity contribution in [3.63, 3.8) is 0 Å². The lowest BCUT2D eigenvalue weighted by molar-refractivity contribution is -0.207. The zero-order chi connectivity index (χ0) is 31.1. The van der Waals surface area contributed by atoms with Crippen LogP contribution in [0.2, 0.25) is 0 Å². The first-order valence-corrected chi connectivity index (χ1v) is 17.7. The van der Waals surface area contributed by atoms with Crippen LogP contribution in [0, 0.1) is 55.8 Å². The monoisotopic (exact) mass is 706 g/mol. The number of methoxy groups -OCH3 is 1. The van der Waals surface area contributed by atoms with E-state index < -0.39 is 0 Å². The molecule has 3 unspecified atom stereocenters. The smallest absolute Gasteiger partial charge is 0.338 e. The highest BCUT2D eigenvalue weighted by atomic mass is 127. The highest BCUT2D eigenvalue weighted by Gasteiger charge is 2.66. The van der Waals surface area contributed by atoms with Gasteiger partial charge in [0.05, 0.1) is 12.7 Å². The Kier molecular flexibility index (Phi) is 9.90. The van der Waals surface area contributed by atoms with E-state index in [-0.39, 0.29) is 46.9 Å². The van der Waals surface area contributed by atoms with Gasteiger partial charge in [0.25, 0.3) is 0 Å². The average Bonchev–Trinajstić information content (AvgIpc) is 3.33. The molecule has 0 saturated heterocycles. The third-order valence-electron chi connectivity index (χ3n) is 12.8. The molecule has 5 rings (SSSR count). The predicted molar refractivity (Wildman–Crippen MR) is 174 cm³/mol. The van der Waals surface area contributed by atoms with Crippen molar-refractivity contribution < 1.29 is 28.6 Å². The van der Waals surface area contributed by atoms with Crippen LogP contribution in [0.1, 0.15) is 109 Å².